The van der Waals surface area contributed by atoms with Gasteiger partial charge in [0.2, 0.25) is 5.91 Å². The molecule has 1 N–H and O–H groups in total. The van der Waals surface area contributed by atoms with Crippen molar-refractivity contribution in [1.82, 2.24) is 29.7 Å². The Bertz CT molecular complexity index is 1710. The third-order valence-electron chi connectivity index (χ3n) is 8.94. The number of fused-ring (bicyclic) bond motifs is 2. The number of nitrogens with one attached hydrogen (secondary N) is 1. The molecule has 3 aromatic heterocycles. The van der Waals surface area contributed by atoms with Gasteiger partial charge < -0.3 is 19.5 Å². The maximum Gasteiger partial charge on any atom is 0.416 e. The van der Waals surface area contributed by atoms with E-state index < -0.39 is 11.7 Å². The number of aromatic amines is 1. The van der Waals surface area contributed by atoms with Crippen molar-refractivity contribution in [3.8, 4) is 11.5 Å². The fourth-order valence-corrected chi connectivity index (χ4v) is 6.45. The molecule has 1 unspecified atom stereocenters. The van der Waals surface area contributed by atoms with Crippen LogP contribution in [0.15, 0.2) is 42.6 Å². The first-order chi connectivity index (χ1) is 21.5. The molecule has 1 saturated heterocycles. The minimum atomic E-state index is -4.50. The van der Waals surface area contributed by atoms with E-state index in [-0.39, 0.29) is 30.4 Å². The number of carbonyl (C=O) groups is 1. The Morgan fingerprint density at radius 3 is 2.53 bits per heavy atom. The minimum absolute atomic E-state index is 0.0355. The lowest BCUT2D eigenvalue weighted by Crippen LogP contribution is -2.45. The molecule has 2 aliphatic rings. The molecule has 8 nitrogen and oxygen atoms in total. The SMILES string of the molecule is CCN1CCN(Cc2ccc(CC(=O)N3Cc4cc(Oc5ccnc6[nH]c(C)cc56)c(C)nc4C(C)C3)cc2C(F)(F)F)CC1. The van der Waals surface area contributed by atoms with Gasteiger partial charge >= 0.3 is 6.18 Å². The molecule has 0 spiro atoms. The lowest BCUT2D eigenvalue weighted by Gasteiger charge is -2.34. The van der Waals surface area contributed by atoms with E-state index in [0.29, 0.717) is 30.2 Å². The first kappa shape index (κ1) is 31.0. The molecule has 45 heavy (non-hydrogen) atoms. The molecular weight excluding hydrogens is 581 g/mol. The molecule has 0 bridgehead atoms. The largest absolute Gasteiger partial charge is 0.455 e. The molecule has 11 heteroatoms. The van der Waals surface area contributed by atoms with E-state index in [0.717, 1.165) is 72.5 Å². The van der Waals surface area contributed by atoms with Gasteiger partial charge in [0.05, 0.1) is 28.8 Å². The first-order valence-electron chi connectivity index (χ1n) is 15.5. The maximum atomic E-state index is 14.2. The molecule has 0 aliphatic carbocycles. The lowest BCUT2D eigenvalue weighted by atomic mass is 9.94. The van der Waals surface area contributed by atoms with Crippen LogP contribution in [0.2, 0.25) is 0 Å². The second kappa shape index (κ2) is 12.4. The number of aromatic nitrogens is 3. The van der Waals surface area contributed by atoms with Gasteiger partial charge in [-0.1, -0.05) is 26.0 Å². The summed E-state index contributed by atoms with van der Waals surface area (Å²) >= 11 is 0. The number of pyridine rings is 2. The normalized spacial score (nSPS) is 17.9. The van der Waals surface area contributed by atoms with Crippen molar-refractivity contribution in [2.75, 3.05) is 39.3 Å². The van der Waals surface area contributed by atoms with E-state index in [2.05, 4.69) is 26.7 Å². The number of nitrogens with zero attached hydrogens (tertiary/aromatic N) is 5. The number of amides is 1. The van der Waals surface area contributed by atoms with Gasteiger partial charge in [0, 0.05) is 63.6 Å². The van der Waals surface area contributed by atoms with Crippen molar-refractivity contribution >= 4 is 16.9 Å². The summed E-state index contributed by atoms with van der Waals surface area (Å²) < 4.78 is 48.8. The summed E-state index contributed by atoms with van der Waals surface area (Å²) in [6.07, 6.45) is -2.93. The Kier molecular flexibility index (Phi) is 8.58. The third kappa shape index (κ3) is 6.69. The Labute approximate surface area is 261 Å². The fourth-order valence-electron chi connectivity index (χ4n) is 6.45. The third-order valence-corrected chi connectivity index (χ3v) is 8.94. The molecule has 1 amide bonds. The van der Waals surface area contributed by atoms with Gasteiger partial charge in [-0.25, -0.2) is 4.98 Å². The monoisotopic (exact) mass is 620 g/mol. The predicted molar refractivity (Wildman–Crippen MR) is 166 cm³/mol. The zero-order valence-corrected chi connectivity index (χ0v) is 26.2. The van der Waals surface area contributed by atoms with Crippen LogP contribution in [0.4, 0.5) is 13.2 Å². The van der Waals surface area contributed by atoms with Gasteiger partial charge in [0.25, 0.3) is 0 Å². The van der Waals surface area contributed by atoms with E-state index >= 15 is 0 Å². The summed E-state index contributed by atoms with van der Waals surface area (Å²) in [7, 11) is 0. The van der Waals surface area contributed by atoms with Crippen LogP contribution >= 0.6 is 0 Å². The Hall–Kier alpha value is -3.96. The Morgan fingerprint density at radius 2 is 1.80 bits per heavy atom. The van der Waals surface area contributed by atoms with Gasteiger partial charge in [-0.3, -0.25) is 14.7 Å². The topological polar surface area (TPSA) is 77.6 Å². The van der Waals surface area contributed by atoms with Crippen LogP contribution in [0.5, 0.6) is 11.5 Å². The molecule has 5 heterocycles. The Balaban J connectivity index is 1.18. The summed E-state index contributed by atoms with van der Waals surface area (Å²) in [5, 5.41) is 0.862. The average Bonchev–Trinajstić information content (AvgIpc) is 3.39. The maximum absolute atomic E-state index is 14.2. The number of hydrogen-bond acceptors (Lipinski definition) is 6. The van der Waals surface area contributed by atoms with Crippen molar-refractivity contribution in [2.45, 2.75) is 59.3 Å². The molecule has 6 rings (SSSR count). The minimum Gasteiger partial charge on any atom is -0.455 e. The first-order valence-corrected chi connectivity index (χ1v) is 15.5. The standard InChI is InChI=1S/C34H39F3N6O2/c1-5-41-10-12-42(13-11-41)19-25-7-6-24(15-28(25)34(35,36)37)16-31(44)43-18-21(2)32-26(20-43)17-30(23(4)40-32)45-29-8-9-38-33-27(29)14-22(3)39-33/h6-9,14-15,17,21H,5,10-13,16,18-20H2,1-4H3,(H,38,39). The number of piperazine rings is 1. The van der Waals surface area contributed by atoms with Gasteiger partial charge in [-0.2, -0.15) is 13.2 Å². The zero-order valence-electron chi connectivity index (χ0n) is 26.2. The van der Waals surface area contributed by atoms with Crippen molar-refractivity contribution in [1.29, 1.82) is 0 Å². The Morgan fingerprint density at radius 1 is 1.04 bits per heavy atom. The number of carbonyl (C=O) groups excluding carboxylic acids is 1. The van der Waals surface area contributed by atoms with E-state index in [1.165, 1.54) is 0 Å². The number of hydrogen-bond donors (Lipinski definition) is 1. The second-order valence-corrected chi connectivity index (χ2v) is 12.3. The van der Waals surface area contributed by atoms with Crippen molar-refractivity contribution in [3.05, 3.63) is 81.9 Å². The van der Waals surface area contributed by atoms with Crippen LogP contribution in [0.3, 0.4) is 0 Å². The second-order valence-electron chi connectivity index (χ2n) is 12.3. The number of likely N-dealkylation sites (N-methyl/N-ethyl adjacent to an activating group) is 1. The highest BCUT2D eigenvalue weighted by Crippen LogP contribution is 2.36. The smallest absolute Gasteiger partial charge is 0.416 e. The van der Waals surface area contributed by atoms with E-state index in [1.54, 1.807) is 29.3 Å². The van der Waals surface area contributed by atoms with Crippen LogP contribution < -0.4 is 4.74 Å². The highest BCUT2D eigenvalue weighted by atomic mass is 19.4. The molecule has 1 aromatic carbocycles. The molecule has 1 atom stereocenters. The number of ether oxygens (including phenoxy) is 1. The van der Waals surface area contributed by atoms with Crippen LogP contribution in [-0.2, 0) is 30.5 Å². The van der Waals surface area contributed by atoms with E-state index in [9.17, 15) is 18.0 Å². The van der Waals surface area contributed by atoms with Gasteiger partial charge in [0.1, 0.15) is 17.1 Å². The summed E-state index contributed by atoms with van der Waals surface area (Å²) in [5.41, 5.74) is 4.17. The summed E-state index contributed by atoms with van der Waals surface area (Å²) in [6.45, 7) is 13.1. The molecule has 0 radical (unpaired) electrons. The number of halogens is 3. The molecule has 1 fully saturated rings. The molecular formula is C34H39F3N6O2. The van der Waals surface area contributed by atoms with Crippen LogP contribution in [0.1, 0.15) is 59.1 Å². The number of benzene rings is 1. The molecule has 238 valence electrons. The zero-order chi connectivity index (χ0) is 31.9. The summed E-state index contributed by atoms with van der Waals surface area (Å²) in [4.78, 5) is 32.0. The number of aryl methyl sites for hydroxylation is 2. The van der Waals surface area contributed by atoms with Crippen molar-refractivity contribution < 1.29 is 22.7 Å². The van der Waals surface area contributed by atoms with E-state index in [4.69, 9.17) is 9.72 Å². The fraction of sp³-hybridized carbons (Fsp3) is 0.441. The molecule has 2 aliphatic heterocycles. The van der Waals surface area contributed by atoms with Crippen molar-refractivity contribution in [3.63, 3.8) is 0 Å². The quantitative estimate of drug-likeness (QED) is 0.265. The predicted octanol–water partition coefficient (Wildman–Crippen LogP) is 6.21. The van der Waals surface area contributed by atoms with E-state index in [1.807, 2.05) is 32.9 Å². The van der Waals surface area contributed by atoms with Crippen LogP contribution in [0, 0.1) is 13.8 Å². The van der Waals surface area contributed by atoms with Gasteiger partial charge in [0.15, 0.2) is 0 Å². The average molecular weight is 621 g/mol. The molecule has 4 aromatic rings. The number of alkyl halides is 3. The van der Waals surface area contributed by atoms with Crippen molar-refractivity contribution in [2.24, 2.45) is 0 Å². The van der Waals surface area contributed by atoms with Crippen LogP contribution in [0.25, 0.3) is 11.0 Å². The van der Waals surface area contributed by atoms with Gasteiger partial charge in [-0.05, 0) is 61.3 Å². The van der Waals surface area contributed by atoms with Crippen LogP contribution in [-0.4, -0.2) is 74.8 Å². The summed E-state index contributed by atoms with van der Waals surface area (Å²) in [5.74, 6) is 0.985. The molecule has 0 saturated carbocycles. The number of rotatable bonds is 7. The number of H-pyrrole nitrogens is 1. The highest BCUT2D eigenvalue weighted by molar-refractivity contribution is 5.83. The highest BCUT2D eigenvalue weighted by Gasteiger charge is 2.35. The lowest BCUT2D eigenvalue weighted by molar-refractivity contribution is -0.138. The van der Waals surface area contributed by atoms with Gasteiger partial charge in [-0.15, -0.1) is 0 Å². The summed E-state index contributed by atoms with van der Waals surface area (Å²) in [6, 6.07) is 10.1.